The van der Waals surface area contributed by atoms with E-state index >= 15 is 0 Å². The first kappa shape index (κ1) is 8.17. The number of rotatable bonds is 2. The second-order valence-corrected chi connectivity index (χ2v) is 2.64. The summed E-state index contributed by atoms with van der Waals surface area (Å²) in [4.78, 5) is 4.09. The molecule has 1 rings (SSSR count). The van der Waals surface area contributed by atoms with E-state index in [1.54, 1.807) is 6.20 Å². The summed E-state index contributed by atoms with van der Waals surface area (Å²) in [5, 5.41) is 0. The van der Waals surface area contributed by atoms with Gasteiger partial charge in [-0.1, -0.05) is 6.07 Å². The van der Waals surface area contributed by atoms with Gasteiger partial charge in [-0.15, -0.1) is 0 Å². The highest BCUT2D eigenvalue weighted by Crippen LogP contribution is 2.07. The Morgan fingerprint density at radius 3 is 2.55 bits per heavy atom. The quantitative estimate of drug-likeness (QED) is 0.644. The number of hydrogen-bond donors (Lipinski definition) is 2. The maximum atomic E-state index is 5.75. The fourth-order valence-corrected chi connectivity index (χ4v) is 0.842. The van der Waals surface area contributed by atoms with Crippen LogP contribution in [0.1, 0.15) is 18.7 Å². The van der Waals surface area contributed by atoms with Crippen molar-refractivity contribution in [2.24, 2.45) is 11.5 Å². The van der Waals surface area contributed by atoms with Gasteiger partial charge < -0.3 is 11.5 Å². The highest BCUT2D eigenvalue weighted by molar-refractivity contribution is 5.09. The number of pyridine rings is 1. The monoisotopic (exact) mass is 151 g/mol. The smallest absolute Gasteiger partial charge is 0.0620 e. The SMILES string of the molecule is C[C@H](N)[C@@H](N)c1ccccn1. The minimum atomic E-state index is -0.156. The van der Waals surface area contributed by atoms with Crippen molar-refractivity contribution in [1.29, 1.82) is 0 Å². The van der Waals surface area contributed by atoms with E-state index < -0.39 is 0 Å². The molecule has 0 saturated carbocycles. The van der Waals surface area contributed by atoms with Gasteiger partial charge in [0.25, 0.3) is 0 Å². The van der Waals surface area contributed by atoms with Crippen LogP contribution < -0.4 is 11.5 Å². The maximum Gasteiger partial charge on any atom is 0.0620 e. The molecule has 0 aromatic carbocycles. The number of nitrogens with two attached hydrogens (primary N) is 2. The topological polar surface area (TPSA) is 64.9 Å². The maximum absolute atomic E-state index is 5.75. The van der Waals surface area contributed by atoms with Crippen LogP contribution in [0.5, 0.6) is 0 Å². The van der Waals surface area contributed by atoms with Crippen molar-refractivity contribution in [3.63, 3.8) is 0 Å². The van der Waals surface area contributed by atoms with Crippen molar-refractivity contribution in [3.05, 3.63) is 30.1 Å². The summed E-state index contributed by atoms with van der Waals surface area (Å²) in [7, 11) is 0. The summed E-state index contributed by atoms with van der Waals surface area (Å²) in [6, 6.07) is 5.44. The minimum Gasteiger partial charge on any atom is -0.326 e. The molecule has 0 bridgehead atoms. The molecular weight excluding hydrogens is 138 g/mol. The lowest BCUT2D eigenvalue weighted by atomic mass is 10.1. The van der Waals surface area contributed by atoms with Gasteiger partial charge >= 0.3 is 0 Å². The van der Waals surface area contributed by atoms with Crippen molar-refractivity contribution >= 4 is 0 Å². The number of hydrogen-bond acceptors (Lipinski definition) is 3. The first-order valence-corrected chi connectivity index (χ1v) is 3.64. The predicted molar refractivity (Wildman–Crippen MR) is 44.8 cm³/mol. The zero-order valence-corrected chi connectivity index (χ0v) is 6.57. The lowest BCUT2D eigenvalue weighted by Crippen LogP contribution is -2.31. The molecule has 1 aromatic rings. The van der Waals surface area contributed by atoms with Crippen molar-refractivity contribution in [2.45, 2.75) is 19.0 Å². The molecule has 60 valence electrons. The molecule has 1 heterocycles. The van der Waals surface area contributed by atoms with E-state index in [2.05, 4.69) is 4.98 Å². The van der Waals surface area contributed by atoms with E-state index in [1.807, 2.05) is 25.1 Å². The largest absolute Gasteiger partial charge is 0.326 e. The summed E-state index contributed by atoms with van der Waals surface area (Å²) in [6.45, 7) is 1.87. The van der Waals surface area contributed by atoms with Crippen molar-refractivity contribution < 1.29 is 0 Å². The Hall–Kier alpha value is -0.930. The summed E-state index contributed by atoms with van der Waals surface area (Å²) in [6.07, 6.45) is 1.72. The second kappa shape index (κ2) is 3.46. The molecule has 0 saturated heterocycles. The van der Waals surface area contributed by atoms with Gasteiger partial charge in [-0.25, -0.2) is 0 Å². The minimum absolute atomic E-state index is 0.0510. The van der Waals surface area contributed by atoms with Crippen LogP contribution in [-0.2, 0) is 0 Å². The first-order chi connectivity index (χ1) is 5.22. The van der Waals surface area contributed by atoms with Crippen LogP contribution in [0.4, 0.5) is 0 Å². The molecule has 4 N–H and O–H groups in total. The third-order valence-electron chi connectivity index (χ3n) is 1.60. The zero-order valence-electron chi connectivity index (χ0n) is 6.57. The van der Waals surface area contributed by atoms with E-state index in [4.69, 9.17) is 11.5 Å². The molecule has 0 aliphatic carbocycles. The number of aromatic nitrogens is 1. The molecular formula is C8H13N3. The van der Waals surface area contributed by atoms with Crippen LogP contribution in [0, 0.1) is 0 Å². The summed E-state index contributed by atoms with van der Waals surface area (Å²) >= 11 is 0. The molecule has 3 nitrogen and oxygen atoms in total. The van der Waals surface area contributed by atoms with Gasteiger partial charge in [0.05, 0.1) is 11.7 Å². The molecule has 0 spiro atoms. The van der Waals surface area contributed by atoms with E-state index in [1.165, 1.54) is 0 Å². The van der Waals surface area contributed by atoms with Crippen molar-refractivity contribution in [1.82, 2.24) is 4.98 Å². The van der Waals surface area contributed by atoms with Crippen LogP contribution >= 0.6 is 0 Å². The lowest BCUT2D eigenvalue weighted by molar-refractivity contribution is 0.575. The van der Waals surface area contributed by atoms with E-state index in [0.29, 0.717) is 0 Å². The molecule has 0 radical (unpaired) electrons. The Labute approximate surface area is 66.4 Å². The molecule has 0 aliphatic rings. The average Bonchev–Trinajstić information content (AvgIpc) is 2.05. The summed E-state index contributed by atoms with van der Waals surface area (Å²) in [5.41, 5.74) is 12.2. The Kier molecular flexibility index (Phi) is 2.57. The Balaban J connectivity index is 2.77. The zero-order chi connectivity index (χ0) is 8.27. The molecule has 3 heteroatoms. The molecule has 0 amide bonds. The van der Waals surface area contributed by atoms with Crippen LogP contribution in [0.2, 0.25) is 0 Å². The highest BCUT2D eigenvalue weighted by Gasteiger charge is 2.10. The van der Waals surface area contributed by atoms with E-state index in [0.717, 1.165) is 5.69 Å². The third-order valence-corrected chi connectivity index (χ3v) is 1.60. The van der Waals surface area contributed by atoms with Gasteiger partial charge in [-0.05, 0) is 19.1 Å². The predicted octanol–water partition coefficient (Wildman–Crippen LogP) is 0.429. The molecule has 11 heavy (non-hydrogen) atoms. The van der Waals surface area contributed by atoms with Crippen LogP contribution in [-0.4, -0.2) is 11.0 Å². The molecule has 1 aromatic heterocycles. The van der Waals surface area contributed by atoms with Gasteiger partial charge in [-0.2, -0.15) is 0 Å². The molecule has 0 fully saturated rings. The molecule has 0 unspecified atom stereocenters. The Bertz CT molecular complexity index is 208. The standard InChI is InChI=1S/C8H13N3/c1-6(9)8(10)7-4-2-3-5-11-7/h2-6,8H,9-10H2,1H3/t6-,8+/m0/s1. The second-order valence-electron chi connectivity index (χ2n) is 2.64. The molecule has 2 atom stereocenters. The first-order valence-electron chi connectivity index (χ1n) is 3.64. The van der Waals surface area contributed by atoms with Crippen LogP contribution in [0.25, 0.3) is 0 Å². The highest BCUT2D eigenvalue weighted by atomic mass is 14.8. The van der Waals surface area contributed by atoms with E-state index in [9.17, 15) is 0 Å². The van der Waals surface area contributed by atoms with Gasteiger partial charge in [-0.3, -0.25) is 4.98 Å². The average molecular weight is 151 g/mol. The van der Waals surface area contributed by atoms with Gasteiger partial charge in [0, 0.05) is 12.2 Å². The normalized spacial score (nSPS) is 15.9. The van der Waals surface area contributed by atoms with Gasteiger partial charge in [0.2, 0.25) is 0 Å². The fraction of sp³-hybridized carbons (Fsp3) is 0.375. The van der Waals surface area contributed by atoms with Crippen LogP contribution in [0.15, 0.2) is 24.4 Å². The fourth-order valence-electron chi connectivity index (χ4n) is 0.842. The molecule has 0 aliphatic heterocycles. The Morgan fingerprint density at radius 1 is 1.36 bits per heavy atom. The van der Waals surface area contributed by atoms with Crippen molar-refractivity contribution in [3.8, 4) is 0 Å². The third kappa shape index (κ3) is 2.00. The Morgan fingerprint density at radius 2 is 2.09 bits per heavy atom. The number of nitrogens with zero attached hydrogens (tertiary/aromatic N) is 1. The van der Waals surface area contributed by atoms with Crippen LogP contribution in [0.3, 0.4) is 0 Å². The van der Waals surface area contributed by atoms with Gasteiger partial charge in [0.15, 0.2) is 0 Å². The lowest BCUT2D eigenvalue weighted by Gasteiger charge is -2.13. The summed E-state index contributed by atoms with van der Waals surface area (Å²) < 4.78 is 0. The van der Waals surface area contributed by atoms with Gasteiger partial charge in [0.1, 0.15) is 0 Å². The van der Waals surface area contributed by atoms with Crippen molar-refractivity contribution in [2.75, 3.05) is 0 Å². The summed E-state index contributed by atoms with van der Waals surface area (Å²) in [5.74, 6) is 0. The van der Waals surface area contributed by atoms with E-state index in [-0.39, 0.29) is 12.1 Å².